The monoisotopic (exact) mass is 357 g/mol. The number of ether oxygens (including phenoxy) is 1. The number of thioether (sulfide) groups is 1. The van der Waals surface area contributed by atoms with Gasteiger partial charge in [0.05, 0.1) is 18.4 Å². The second kappa shape index (κ2) is 7.67. The summed E-state index contributed by atoms with van der Waals surface area (Å²) in [6, 6.07) is 10.3. The van der Waals surface area contributed by atoms with Crippen molar-refractivity contribution in [1.82, 2.24) is 19.5 Å². The number of carbonyl (C=O) groups excluding carboxylic acids is 2. The Hall–Kier alpha value is -3.07. The van der Waals surface area contributed by atoms with Crippen molar-refractivity contribution in [2.24, 2.45) is 0 Å². The van der Waals surface area contributed by atoms with Crippen molar-refractivity contribution >= 4 is 29.3 Å². The molecular formula is C16H15N5O3S. The van der Waals surface area contributed by atoms with Gasteiger partial charge < -0.3 is 10.1 Å². The normalized spacial score (nSPS) is 10.4. The fourth-order valence-corrected chi connectivity index (χ4v) is 2.79. The summed E-state index contributed by atoms with van der Waals surface area (Å²) in [5, 5.41) is 11.3. The number of carbonyl (C=O) groups is 2. The molecule has 0 aliphatic carbocycles. The van der Waals surface area contributed by atoms with E-state index in [1.54, 1.807) is 35.3 Å². The van der Waals surface area contributed by atoms with Gasteiger partial charge in [0.2, 0.25) is 11.1 Å². The Balaban J connectivity index is 1.57. The van der Waals surface area contributed by atoms with E-state index < -0.39 is 5.97 Å². The fourth-order valence-electron chi connectivity index (χ4n) is 2.08. The van der Waals surface area contributed by atoms with E-state index in [1.165, 1.54) is 18.9 Å². The smallest absolute Gasteiger partial charge is 0.337 e. The van der Waals surface area contributed by atoms with Crippen LogP contribution in [0.1, 0.15) is 10.4 Å². The molecule has 3 aromatic rings. The Morgan fingerprint density at radius 1 is 1.20 bits per heavy atom. The Labute approximate surface area is 147 Å². The zero-order valence-corrected chi connectivity index (χ0v) is 14.1. The minimum atomic E-state index is -0.419. The zero-order valence-electron chi connectivity index (χ0n) is 13.3. The summed E-state index contributed by atoms with van der Waals surface area (Å²) < 4.78 is 8.18. The Morgan fingerprint density at radius 2 is 1.92 bits per heavy atom. The van der Waals surface area contributed by atoms with Crippen LogP contribution in [0.5, 0.6) is 0 Å². The van der Waals surface area contributed by atoms with Crippen molar-refractivity contribution in [2.75, 3.05) is 18.2 Å². The molecule has 0 aliphatic rings. The maximum absolute atomic E-state index is 12.1. The lowest BCUT2D eigenvalue weighted by atomic mass is 10.2. The van der Waals surface area contributed by atoms with Crippen molar-refractivity contribution in [3.05, 3.63) is 60.7 Å². The molecule has 1 N–H and O–H groups in total. The highest BCUT2D eigenvalue weighted by Crippen LogP contribution is 2.16. The molecule has 0 spiro atoms. The van der Waals surface area contributed by atoms with Gasteiger partial charge in [0.15, 0.2) is 0 Å². The highest BCUT2D eigenvalue weighted by atomic mass is 32.2. The summed E-state index contributed by atoms with van der Waals surface area (Å²) in [6.07, 6.45) is 5.29. The standard InChI is InChI=1S/C16H15N5O3S/c1-24-15(23)12-4-6-13(7-5-12)18-14(22)10-25-16-19-17-11-21(16)20-8-2-3-9-20/h2-9,11H,10H2,1H3,(H,18,22). The molecule has 0 fully saturated rings. The van der Waals surface area contributed by atoms with Gasteiger partial charge in [-0.3, -0.25) is 9.47 Å². The van der Waals surface area contributed by atoms with Crippen molar-refractivity contribution < 1.29 is 14.3 Å². The van der Waals surface area contributed by atoms with Crippen LogP contribution >= 0.6 is 11.8 Å². The van der Waals surface area contributed by atoms with Crippen LogP contribution in [0.3, 0.4) is 0 Å². The van der Waals surface area contributed by atoms with Gasteiger partial charge >= 0.3 is 5.97 Å². The highest BCUT2D eigenvalue weighted by molar-refractivity contribution is 7.99. The summed E-state index contributed by atoms with van der Waals surface area (Å²) in [4.78, 5) is 23.5. The van der Waals surface area contributed by atoms with Gasteiger partial charge in [-0.1, -0.05) is 11.8 Å². The topological polar surface area (TPSA) is 91.0 Å². The molecule has 9 heteroatoms. The van der Waals surface area contributed by atoms with Crippen molar-refractivity contribution in [1.29, 1.82) is 0 Å². The first-order valence-corrected chi connectivity index (χ1v) is 8.30. The van der Waals surface area contributed by atoms with Gasteiger partial charge in [-0.05, 0) is 36.4 Å². The molecule has 1 amide bonds. The van der Waals surface area contributed by atoms with Crippen LogP contribution in [-0.4, -0.2) is 44.3 Å². The first kappa shape index (κ1) is 16.8. The molecule has 8 nitrogen and oxygen atoms in total. The molecular weight excluding hydrogens is 342 g/mol. The zero-order chi connectivity index (χ0) is 17.6. The summed E-state index contributed by atoms with van der Waals surface area (Å²) in [7, 11) is 1.32. The summed E-state index contributed by atoms with van der Waals surface area (Å²) in [5.41, 5.74) is 1.03. The fraction of sp³-hybridized carbons (Fsp3) is 0.125. The molecule has 1 aromatic carbocycles. The number of esters is 1. The maximum atomic E-state index is 12.1. The van der Waals surface area contributed by atoms with Crippen LogP contribution in [0.4, 0.5) is 5.69 Å². The Kier molecular flexibility index (Phi) is 5.14. The first-order valence-electron chi connectivity index (χ1n) is 7.32. The molecule has 0 saturated carbocycles. The van der Waals surface area contributed by atoms with Crippen LogP contribution in [0.25, 0.3) is 0 Å². The van der Waals surface area contributed by atoms with Gasteiger partial charge in [0, 0.05) is 18.1 Å². The lowest BCUT2D eigenvalue weighted by molar-refractivity contribution is -0.113. The number of benzene rings is 1. The molecule has 0 saturated heterocycles. The Bertz CT molecular complexity index is 858. The molecule has 128 valence electrons. The molecule has 25 heavy (non-hydrogen) atoms. The Morgan fingerprint density at radius 3 is 2.60 bits per heavy atom. The molecule has 2 aromatic heterocycles. The van der Waals surface area contributed by atoms with Crippen LogP contribution < -0.4 is 5.32 Å². The van der Waals surface area contributed by atoms with E-state index in [4.69, 9.17) is 0 Å². The number of anilines is 1. The maximum Gasteiger partial charge on any atom is 0.337 e. The van der Waals surface area contributed by atoms with E-state index in [0.717, 1.165) is 0 Å². The van der Waals surface area contributed by atoms with Crippen LogP contribution in [0.15, 0.2) is 60.3 Å². The average molecular weight is 357 g/mol. The van der Waals surface area contributed by atoms with Crippen molar-refractivity contribution in [2.45, 2.75) is 5.16 Å². The van der Waals surface area contributed by atoms with E-state index in [9.17, 15) is 9.59 Å². The van der Waals surface area contributed by atoms with Crippen molar-refractivity contribution in [3.63, 3.8) is 0 Å². The predicted molar refractivity (Wildman–Crippen MR) is 92.4 cm³/mol. The summed E-state index contributed by atoms with van der Waals surface area (Å²) in [5.74, 6) is -0.422. The number of aromatic nitrogens is 4. The number of methoxy groups -OCH3 is 1. The van der Waals surface area contributed by atoms with Gasteiger partial charge in [0.1, 0.15) is 6.33 Å². The van der Waals surface area contributed by atoms with Crippen molar-refractivity contribution in [3.8, 4) is 0 Å². The predicted octanol–water partition coefficient (Wildman–Crippen LogP) is 1.91. The first-order chi connectivity index (χ1) is 12.2. The van der Waals surface area contributed by atoms with Gasteiger partial charge in [0.25, 0.3) is 0 Å². The number of amides is 1. The van der Waals surface area contributed by atoms with Gasteiger partial charge in [-0.25, -0.2) is 9.47 Å². The number of hydrogen-bond acceptors (Lipinski definition) is 6. The molecule has 3 rings (SSSR count). The van der Waals surface area contributed by atoms with Crippen LogP contribution in [-0.2, 0) is 9.53 Å². The van der Waals surface area contributed by atoms with E-state index in [2.05, 4.69) is 20.3 Å². The average Bonchev–Trinajstić information content (AvgIpc) is 3.31. The second-order valence-corrected chi connectivity index (χ2v) is 5.87. The third-order valence-electron chi connectivity index (χ3n) is 3.26. The highest BCUT2D eigenvalue weighted by Gasteiger charge is 2.10. The molecule has 0 unspecified atom stereocenters. The summed E-state index contributed by atoms with van der Waals surface area (Å²) in [6.45, 7) is 0. The van der Waals surface area contributed by atoms with Gasteiger partial charge in [-0.2, -0.15) is 0 Å². The summed E-state index contributed by atoms with van der Waals surface area (Å²) >= 11 is 1.27. The molecule has 0 atom stereocenters. The third-order valence-corrected chi connectivity index (χ3v) is 4.19. The van der Waals surface area contributed by atoms with E-state index in [1.807, 2.05) is 29.2 Å². The van der Waals surface area contributed by atoms with E-state index in [-0.39, 0.29) is 11.7 Å². The lowest BCUT2D eigenvalue weighted by Crippen LogP contribution is -2.15. The van der Waals surface area contributed by atoms with E-state index >= 15 is 0 Å². The SMILES string of the molecule is COC(=O)c1ccc(NC(=O)CSc2nncn2-n2cccc2)cc1. The third kappa shape index (κ3) is 4.07. The van der Waals surface area contributed by atoms with E-state index in [0.29, 0.717) is 16.4 Å². The molecule has 0 bridgehead atoms. The lowest BCUT2D eigenvalue weighted by Gasteiger charge is -2.08. The van der Waals surface area contributed by atoms with Crippen LogP contribution in [0.2, 0.25) is 0 Å². The minimum absolute atomic E-state index is 0.179. The molecule has 2 heterocycles. The molecule has 0 radical (unpaired) electrons. The number of hydrogen-bond donors (Lipinski definition) is 1. The van der Waals surface area contributed by atoms with Crippen LogP contribution in [0, 0.1) is 0 Å². The number of nitrogens with one attached hydrogen (secondary N) is 1. The second-order valence-electron chi connectivity index (χ2n) is 4.93. The number of rotatable bonds is 6. The molecule has 0 aliphatic heterocycles. The quantitative estimate of drug-likeness (QED) is 0.535. The number of nitrogens with zero attached hydrogens (tertiary/aromatic N) is 4. The largest absolute Gasteiger partial charge is 0.465 e. The minimum Gasteiger partial charge on any atom is -0.465 e. The van der Waals surface area contributed by atoms with Gasteiger partial charge in [-0.15, -0.1) is 10.2 Å².